The summed E-state index contributed by atoms with van der Waals surface area (Å²) in [5.74, 6) is 0. The monoisotopic (exact) mass is 382 g/mol. The van der Waals surface area contributed by atoms with E-state index in [1.165, 1.54) is 0 Å². The average Bonchev–Trinajstić information content (AvgIpc) is 2.88. The van der Waals surface area contributed by atoms with Gasteiger partial charge < -0.3 is 18.8 Å². The minimum absolute atomic E-state index is 0.385. The summed E-state index contributed by atoms with van der Waals surface area (Å²) in [6.45, 7) is 18.9. The van der Waals surface area contributed by atoms with Gasteiger partial charge >= 0.3 is 7.12 Å². The summed E-state index contributed by atoms with van der Waals surface area (Å²) in [4.78, 5) is 0. The summed E-state index contributed by atoms with van der Waals surface area (Å²) in [5, 5.41) is 4.69. The lowest BCUT2D eigenvalue weighted by atomic mass is 9.77. The van der Waals surface area contributed by atoms with Gasteiger partial charge in [0.15, 0.2) is 0 Å². The van der Waals surface area contributed by atoms with Gasteiger partial charge in [0.1, 0.15) is 6.73 Å². The van der Waals surface area contributed by atoms with Crippen LogP contribution in [0.1, 0.15) is 39.1 Å². The number of rotatable bonds is 8. The van der Waals surface area contributed by atoms with Gasteiger partial charge in [-0.1, -0.05) is 19.6 Å². The number of aromatic nitrogens is 2. The molecule has 1 aliphatic rings. The van der Waals surface area contributed by atoms with Gasteiger partial charge in [0.05, 0.1) is 23.5 Å². The highest BCUT2D eigenvalue weighted by Crippen LogP contribution is 2.37. The summed E-state index contributed by atoms with van der Waals surface area (Å²) >= 11 is 0. The molecule has 1 fully saturated rings. The second-order valence-corrected chi connectivity index (χ2v) is 14.9. The van der Waals surface area contributed by atoms with Crippen LogP contribution in [0.25, 0.3) is 0 Å². The van der Waals surface area contributed by atoms with Crippen molar-refractivity contribution in [3.63, 3.8) is 0 Å². The third kappa shape index (κ3) is 4.78. The predicted molar refractivity (Wildman–Crippen MR) is 107 cm³/mol. The molecule has 0 aromatic carbocycles. The van der Waals surface area contributed by atoms with Gasteiger partial charge in [-0.15, -0.1) is 0 Å². The molecular weight excluding hydrogens is 347 g/mol. The van der Waals surface area contributed by atoms with E-state index in [0.29, 0.717) is 13.3 Å². The fourth-order valence-electron chi connectivity index (χ4n) is 2.79. The molecule has 6 nitrogen and oxygen atoms in total. The highest BCUT2D eigenvalue weighted by atomic mass is 28.3. The molecule has 0 unspecified atom stereocenters. The van der Waals surface area contributed by atoms with Gasteiger partial charge in [-0.3, -0.25) is 0 Å². The van der Waals surface area contributed by atoms with Crippen molar-refractivity contribution in [2.45, 2.75) is 84.8 Å². The molecule has 1 aliphatic heterocycles. The fraction of sp³-hybridized carbons (Fsp3) is 0.833. The standard InChI is InChI=1S/C18H35BN2O4Si/c1-14-16(19-24-17(2,3)18(4,5)25-19)15(12-22-6)20-21(14)13-23-10-11-26(7,8)9/h10-13H2,1-9H3. The van der Waals surface area contributed by atoms with E-state index in [2.05, 4.69) is 47.3 Å². The number of hydrogen-bond donors (Lipinski definition) is 0. The summed E-state index contributed by atoms with van der Waals surface area (Å²) in [6, 6.07) is 1.14. The van der Waals surface area contributed by atoms with Gasteiger partial charge in [-0.05, 0) is 40.7 Å². The first-order valence-electron chi connectivity index (χ1n) is 9.36. The van der Waals surface area contributed by atoms with E-state index in [1.807, 2.05) is 11.6 Å². The minimum atomic E-state index is -1.10. The summed E-state index contributed by atoms with van der Waals surface area (Å²) in [7, 11) is 0.134. The number of nitrogens with zero attached hydrogens (tertiary/aromatic N) is 2. The molecule has 1 saturated heterocycles. The quantitative estimate of drug-likeness (QED) is 0.511. The Balaban J connectivity index is 2.17. The van der Waals surface area contributed by atoms with Crippen molar-refractivity contribution in [3.8, 4) is 0 Å². The largest absolute Gasteiger partial charge is 0.498 e. The Morgan fingerprint density at radius 2 is 1.69 bits per heavy atom. The second-order valence-electron chi connectivity index (χ2n) is 9.31. The summed E-state index contributed by atoms with van der Waals surface area (Å²) in [5.41, 5.74) is 2.04. The number of hydrogen-bond acceptors (Lipinski definition) is 5. The van der Waals surface area contributed by atoms with E-state index < -0.39 is 15.2 Å². The molecule has 0 atom stereocenters. The van der Waals surface area contributed by atoms with Crippen LogP contribution in [0.2, 0.25) is 25.7 Å². The molecule has 0 saturated carbocycles. The van der Waals surface area contributed by atoms with E-state index >= 15 is 0 Å². The molecule has 0 spiro atoms. The number of methoxy groups -OCH3 is 1. The van der Waals surface area contributed by atoms with Crippen LogP contribution in [0.15, 0.2) is 0 Å². The van der Waals surface area contributed by atoms with Gasteiger partial charge in [0.25, 0.3) is 0 Å². The van der Waals surface area contributed by atoms with Crippen LogP contribution in [0.4, 0.5) is 0 Å². The van der Waals surface area contributed by atoms with E-state index in [1.54, 1.807) is 7.11 Å². The molecule has 0 amide bonds. The Kier molecular flexibility index (Phi) is 6.45. The third-order valence-electron chi connectivity index (χ3n) is 5.31. The molecule has 0 radical (unpaired) electrons. The Labute approximate surface area is 159 Å². The second kappa shape index (κ2) is 7.75. The van der Waals surface area contributed by atoms with Crippen LogP contribution in [0.3, 0.4) is 0 Å². The van der Waals surface area contributed by atoms with Gasteiger partial charge in [-0.25, -0.2) is 4.68 Å². The molecular formula is C18H35BN2O4Si. The molecule has 1 aromatic rings. The first-order chi connectivity index (χ1) is 11.9. The van der Waals surface area contributed by atoms with Gasteiger partial charge in [0, 0.05) is 32.9 Å². The maximum atomic E-state index is 6.24. The molecule has 148 valence electrons. The van der Waals surface area contributed by atoms with Crippen LogP contribution >= 0.6 is 0 Å². The maximum Gasteiger partial charge on any atom is 0.498 e. The lowest BCUT2D eigenvalue weighted by Gasteiger charge is -2.32. The molecule has 0 N–H and O–H groups in total. The Hall–Kier alpha value is -0.668. The van der Waals surface area contributed by atoms with Crippen molar-refractivity contribution in [2.75, 3.05) is 13.7 Å². The van der Waals surface area contributed by atoms with Crippen molar-refractivity contribution < 1.29 is 18.8 Å². The first-order valence-corrected chi connectivity index (χ1v) is 13.1. The molecule has 26 heavy (non-hydrogen) atoms. The zero-order chi connectivity index (χ0) is 19.8. The molecule has 0 bridgehead atoms. The van der Waals surface area contributed by atoms with Crippen LogP contribution in [0, 0.1) is 6.92 Å². The fourth-order valence-corrected chi connectivity index (χ4v) is 3.55. The van der Waals surface area contributed by atoms with Crippen molar-refractivity contribution in [3.05, 3.63) is 11.4 Å². The molecule has 2 heterocycles. The topological polar surface area (TPSA) is 54.7 Å². The van der Waals surface area contributed by atoms with Crippen molar-refractivity contribution in [2.24, 2.45) is 0 Å². The van der Waals surface area contributed by atoms with Crippen molar-refractivity contribution >= 4 is 20.7 Å². The summed E-state index contributed by atoms with van der Waals surface area (Å²) < 4.78 is 25.6. The van der Waals surface area contributed by atoms with E-state index in [0.717, 1.165) is 29.5 Å². The van der Waals surface area contributed by atoms with Crippen LogP contribution in [-0.4, -0.2) is 49.9 Å². The van der Waals surface area contributed by atoms with E-state index in [-0.39, 0.29) is 11.2 Å². The minimum Gasteiger partial charge on any atom is -0.399 e. The highest BCUT2D eigenvalue weighted by molar-refractivity contribution is 6.76. The lowest BCUT2D eigenvalue weighted by Crippen LogP contribution is -2.41. The Bertz CT molecular complexity index is 609. The van der Waals surface area contributed by atoms with Crippen LogP contribution in [0.5, 0.6) is 0 Å². The summed E-state index contributed by atoms with van der Waals surface area (Å²) in [6.07, 6.45) is 0. The smallest absolute Gasteiger partial charge is 0.399 e. The zero-order valence-electron chi connectivity index (χ0n) is 17.9. The Morgan fingerprint density at radius 3 is 2.19 bits per heavy atom. The van der Waals surface area contributed by atoms with Gasteiger partial charge in [0.2, 0.25) is 0 Å². The zero-order valence-corrected chi connectivity index (χ0v) is 18.9. The first kappa shape index (κ1) is 21.6. The van der Waals surface area contributed by atoms with E-state index in [4.69, 9.17) is 23.9 Å². The Morgan fingerprint density at radius 1 is 1.12 bits per heavy atom. The van der Waals surface area contributed by atoms with Crippen molar-refractivity contribution in [1.29, 1.82) is 0 Å². The van der Waals surface area contributed by atoms with Crippen LogP contribution in [-0.2, 0) is 32.1 Å². The predicted octanol–water partition coefficient (Wildman–Crippen LogP) is 2.95. The average molecular weight is 382 g/mol. The highest BCUT2D eigenvalue weighted by Gasteiger charge is 2.53. The maximum absolute atomic E-state index is 6.24. The molecule has 0 aliphatic carbocycles. The SMILES string of the molecule is COCc1nn(COCC[Si](C)(C)C)c(C)c1B1OC(C)(C)C(C)(C)O1. The van der Waals surface area contributed by atoms with Gasteiger partial charge in [-0.2, -0.15) is 5.10 Å². The normalized spacial score (nSPS) is 19.3. The molecule has 2 rings (SSSR count). The van der Waals surface area contributed by atoms with Crippen molar-refractivity contribution in [1.82, 2.24) is 9.78 Å². The molecule has 8 heteroatoms. The lowest BCUT2D eigenvalue weighted by molar-refractivity contribution is 0.00578. The third-order valence-corrected chi connectivity index (χ3v) is 7.01. The molecule has 1 aromatic heterocycles. The van der Waals surface area contributed by atoms with E-state index in [9.17, 15) is 0 Å². The number of ether oxygens (including phenoxy) is 2. The van der Waals surface area contributed by atoms with Crippen LogP contribution < -0.4 is 5.46 Å².